The van der Waals surface area contributed by atoms with Crippen LogP contribution < -0.4 is 5.32 Å². The van der Waals surface area contributed by atoms with Crippen LogP contribution in [0.3, 0.4) is 0 Å². The first-order chi connectivity index (χ1) is 7.72. The topological polar surface area (TPSA) is 38.1 Å². The molecule has 5 heteroatoms. The van der Waals surface area contributed by atoms with Crippen LogP contribution in [0.2, 0.25) is 5.02 Å². The zero-order valence-electron chi connectivity index (χ0n) is 8.63. The van der Waals surface area contributed by atoms with Gasteiger partial charge in [0.15, 0.2) is 12.2 Å². The lowest BCUT2D eigenvalue weighted by atomic mass is 10.1. The van der Waals surface area contributed by atoms with Gasteiger partial charge in [-0.2, -0.15) is 0 Å². The number of rotatable bonds is 3. The molecule has 0 atom stereocenters. The third-order valence-electron chi connectivity index (χ3n) is 2.17. The van der Waals surface area contributed by atoms with Gasteiger partial charge in [0.2, 0.25) is 0 Å². The summed E-state index contributed by atoms with van der Waals surface area (Å²) < 4.78 is 6.23. The quantitative estimate of drug-likeness (QED) is 0.943. The van der Waals surface area contributed by atoms with Gasteiger partial charge in [0, 0.05) is 16.6 Å². The van der Waals surface area contributed by atoms with Crippen LogP contribution in [0, 0.1) is 0 Å². The molecule has 1 N–H and O–H groups in total. The predicted molar refractivity (Wildman–Crippen MR) is 67.4 cm³/mol. The van der Waals surface area contributed by atoms with Gasteiger partial charge in [-0.05, 0) is 41.2 Å². The van der Waals surface area contributed by atoms with Crippen molar-refractivity contribution < 1.29 is 4.42 Å². The third-order valence-corrected chi connectivity index (χ3v) is 3.38. The molecule has 0 aliphatic rings. The Hall–Kier alpha value is -0.840. The Labute approximate surface area is 107 Å². The Bertz CT molecular complexity index is 498. The number of oxazole rings is 1. The van der Waals surface area contributed by atoms with Gasteiger partial charge in [-0.3, -0.25) is 0 Å². The fraction of sp³-hybridized carbons (Fsp3) is 0.182. The highest BCUT2D eigenvalue weighted by Gasteiger charge is 2.11. The molecular weight excluding hydrogens is 291 g/mol. The van der Waals surface area contributed by atoms with Gasteiger partial charge in [-0.15, -0.1) is 0 Å². The van der Waals surface area contributed by atoms with Crippen molar-refractivity contribution in [3.8, 4) is 11.3 Å². The number of nitrogens with zero attached hydrogens (tertiary/aromatic N) is 1. The van der Waals surface area contributed by atoms with Crippen molar-refractivity contribution in [1.82, 2.24) is 10.3 Å². The van der Waals surface area contributed by atoms with Gasteiger partial charge in [-0.1, -0.05) is 11.6 Å². The number of benzene rings is 1. The lowest BCUT2D eigenvalue weighted by Crippen LogP contribution is -2.06. The second kappa shape index (κ2) is 4.99. The summed E-state index contributed by atoms with van der Waals surface area (Å²) in [6.45, 7) is 0.673. The molecule has 2 aromatic rings. The Kier molecular flexibility index (Phi) is 3.63. The summed E-state index contributed by atoms with van der Waals surface area (Å²) in [6.07, 6.45) is 1.45. The summed E-state index contributed by atoms with van der Waals surface area (Å²) in [5.74, 6) is 0.770. The SMILES string of the molecule is CNCc1ncoc1-c1ccc(Cl)c(Br)c1. The Morgan fingerprint density at radius 2 is 2.31 bits per heavy atom. The molecule has 84 valence electrons. The highest BCUT2D eigenvalue weighted by Crippen LogP contribution is 2.30. The van der Waals surface area contributed by atoms with Crippen molar-refractivity contribution in [1.29, 1.82) is 0 Å². The first kappa shape index (κ1) is 11.6. The van der Waals surface area contributed by atoms with Crippen molar-refractivity contribution in [2.45, 2.75) is 6.54 Å². The van der Waals surface area contributed by atoms with E-state index in [1.54, 1.807) is 0 Å². The molecular formula is C11H10BrClN2O. The molecule has 0 aliphatic heterocycles. The van der Waals surface area contributed by atoms with Crippen molar-refractivity contribution in [3.05, 3.63) is 39.8 Å². The summed E-state index contributed by atoms with van der Waals surface area (Å²) in [5.41, 5.74) is 1.84. The molecule has 1 heterocycles. The van der Waals surface area contributed by atoms with Crippen LogP contribution in [0.1, 0.15) is 5.69 Å². The summed E-state index contributed by atoms with van der Waals surface area (Å²) in [7, 11) is 1.87. The Balaban J connectivity index is 2.42. The van der Waals surface area contributed by atoms with E-state index in [0.717, 1.165) is 21.5 Å². The van der Waals surface area contributed by atoms with Crippen LogP contribution >= 0.6 is 27.5 Å². The fourth-order valence-electron chi connectivity index (χ4n) is 1.43. The van der Waals surface area contributed by atoms with Crippen molar-refractivity contribution in [2.24, 2.45) is 0 Å². The van der Waals surface area contributed by atoms with E-state index in [-0.39, 0.29) is 0 Å². The minimum Gasteiger partial charge on any atom is -0.443 e. The molecule has 0 aliphatic carbocycles. The maximum absolute atomic E-state index is 5.94. The molecule has 0 amide bonds. The lowest BCUT2D eigenvalue weighted by molar-refractivity contribution is 0.570. The monoisotopic (exact) mass is 300 g/mol. The average Bonchev–Trinajstić information content (AvgIpc) is 2.71. The smallest absolute Gasteiger partial charge is 0.181 e. The maximum atomic E-state index is 5.94. The molecule has 2 rings (SSSR count). The van der Waals surface area contributed by atoms with E-state index < -0.39 is 0 Å². The van der Waals surface area contributed by atoms with Gasteiger partial charge < -0.3 is 9.73 Å². The number of hydrogen-bond acceptors (Lipinski definition) is 3. The van der Waals surface area contributed by atoms with E-state index in [4.69, 9.17) is 16.0 Å². The van der Waals surface area contributed by atoms with Crippen LogP contribution in [-0.2, 0) is 6.54 Å². The van der Waals surface area contributed by atoms with E-state index in [0.29, 0.717) is 11.6 Å². The molecule has 1 aromatic carbocycles. The fourth-order valence-corrected chi connectivity index (χ4v) is 1.93. The molecule has 0 fully saturated rings. The lowest BCUT2D eigenvalue weighted by Gasteiger charge is -2.02. The Morgan fingerprint density at radius 1 is 1.50 bits per heavy atom. The molecule has 3 nitrogen and oxygen atoms in total. The molecule has 0 radical (unpaired) electrons. The highest BCUT2D eigenvalue weighted by atomic mass is 79.9. The predicted octanol–water partition coefficient (Wildman–Crippen LogP) is 3.48. The normalized spacial score (nSPS) is 10.7. The molecule has 0 bridgehead atoms. The second-order valence-corrected chi connectivity index (χ2v) is 4.55. The van der Waals surface area contributed by atoms with Crippen LogP contribution in [0.25, 0.3) is 11.3 Å². The zero-order valence-corrected chi connectivity index (χ0v) is 11.0. The molecule has 0 saturated carbocycles. The minimum atomic E-state index is 0.673. The standard InChI is InChI=1S/C11H10BrClN2O/c1-14-5-10-11(16-6-15-10)7-2-3-9(13)8(12)4-7/h2-4,6,14H,5H2,1H3. The summed E-state index contributed by atoms with van der Waals surface area (Å²) >= 11 is 9.32. The number of halogens is 2. The van der Waals surface area contributed by atoms with Crippen molar-refractivity contribution in [2.75, 3.05) is 7.05 Å². The number of nitrogens with one attached hydrogen (secondary N) is 1. The van der Waals surface area contributed by atoms with Gasteiger partial charge >= 0.3 is 0 Å². The molecule has 0 spiro atoms. The van der Waals surface area contributed by atoms with E-state index >= 15 is 0 Å². The Morgan fingerprint density at radius 3 is 3.00 bits per heavy atom. The van der Waals surface area contributed by atoms with E-state index in [1.807, 2.05) is 25.2 Å². The summed E-state index contributed by atoms with van der Waals surface area (Å²) in [4.78, 5) is 4.16. The molecule has 1 aromatic heterocycles. The largest absolute Gasteiger partial charge is 0.443 e. The van der Waals surface area contributed by atoms with Crippen LogP contribution in [0.15, 0.2) is 33.5 Å². The number of hydrogen-bond donors (Lipinski definition) is 1. The average molecular weight is 302 g/mol. The molecule has 0 saturated heterocycles. The second-order valence-electron chi connectivity index (χ2n) is 3.29. The molecule has 0 unspecified atom stereocenters. The van der Waals surface area contributed by atoms with Crippen molar-refractivity contribution >= 4 is 27.5 Å². The van der Waals surface area contributed by atoms with Crippen molar-refractivity contribution in [3.63, 3.8) is 0 Å². The summed E-state index contributed by atoms with van der Waals surface area (Å²) in [5, 5.41) is 3.73. The van der Waals surface area contributed by atoms with Crippen LogP contribution in [-0.4, -0.2) is 12.0 Å². The van der Waals surface area contributed by atoms with Crippen LogP contribution in [0.5, 0.6) is 0 Å². The zero-order chi connectivity index (χ0) is 11.5. The van der Waals surface area contributed by atoms with E-state index in [1.165, 1.54) is 6.39 Å². The van der Waals surface area contributed by atoms with Gasteiger partial charge in [-0.25, -0.2) is 4.98 Å². The highest BCUT2D eigenvalue weighted by molar-refractivity contribution is 9.10. The van der Waals surface area contributed by atoms with Gasteiger partial charge in [0.05, 0.1) is 5.02 Å². The van der Waals surface area contributed by atoms with Crippen LogP contribution in [0.4, 0.5) is 0 Å². The third kappa shape index (κ3) is 2.29. The van der Waals surface area contributed by atoms with Gasteiger partial charge in [0.25, 0.3) is 0 Å². The first-order valence-corrected chi connectivity index (χ1v) is 5.92. The van der Waals surface area contributed by atoms with E-state index in [2.05, 4.69) is 26.2 Å². The first-order valence-electron chi connectivity index (χ1n) is 4.74. The maximum Gasteiger partial charge on any atom is 0.181 e. The minimum absolute atomic E-state index is 0.673. The van der Waals surface area contributed by atoms with Gasteiger partial charge in [0.1, 0.15) is 5.69 Å². The summed E-state index contributed by atoms with van der Waals surface area (Å²) in [6, 6.07) is 5.65. The number of aromatic nitrogens is 1. The molecule has 16 heavy (non-hydrogen) atoms. The van der Waals surface area contributed by atoms with E-state index in [9.17, 15) is 0 Å².